The first-order valence-electron chi connectivity index (χ1n) is 3.12. The maximum atomic E-state index is 10.7. The quantitative estimate of drug-likeness (QED) is 0.370. The lowest BCUT2D eigenvalue weighted by atomic mass is 10.3. The van der Waals surface area contributed by atoms with E-state index in [0.29, 0.717) is 0 Å². The standard InChI is InChI=1S/C7H9ClO3/c1-3-11-7(10)6(9)4-5(2)8/h4H,3H2,1-2H3/b5-4-. The Morgan fingerprint density at radius 3 is 2.45 bits per heavy atom. The van der Waals surface area contributed by atoms with Crippen molar-refractivity contribution in [2.45, 2.75) is 13.8 Å². The number of hydrogen-bond acceptors (Lipinski definition) is 3. The molecule has 0 spiro atoms. The highest BCUT2D eigenvalue weighted by atomic mass is 35.5. The largest absolute Gasteiger partial charge is 0.460 e. The summed E-state index contributed by atoms with van der Waals surface area (Å²) in [6.45, 7) is 3.33. The minimum atomic E-state index is -0.868. The second-order valence-corrected chi connectivity index (χ2v) is 2.41. The lowest BCUT2D eigenvalue weighted by Gasteiger charge is -1.95. The van der Waals surface area contributed by atoms with Crippen LogP contribution in [0.25, 0.3) is 0 Å². The summed E-state index contributed by atoms with van der Waals surface area (Å²) in [7, 11) is 0. The smallest absolute Gasteiger partial charge is 0.379 e. The zero-order valence-electron chi connectivity index (χ0n) is 6.39. The van der Waals surface area contributed by atoms with Gasteiger partial charge in [0.1, 0.15) is 0 Å². The Hall–Kier alpha value is -0.830. The van der Waals surface area contributed by atoms with Crippen molar-refractivity contribution in [3.63, 3.8) is 0 Å². The van der Waals surface area contributed by atoms with Crippen LogP contribution in [0.3, 0.4) is 0 Å². The Balaban J connectivity index is 4.05. The van der Waals surface area contributed by atoms with Crippen LogP contribution in [0.1, 0.15) is 13.8 Å². The van der Waals surface area contributed by atoms with Crippen molar-refractivity contribution in [1.82, 2.24) is 0 Å². The van der Waals surface area contributed by atoms with Gasteiger partial charge in [0.25, 0.3) is 5.78 Å². The van der Waals surface area contributed by atoms with Gasteiger partial charge in [-0.05, 0) is 13.8 Å². The van der Waals surface area contributed by atoms with Crippen LogP contribution >= 0.6 is 11.6 Å². The van der Waals surface area contributed by atoms with Crippen molar-refractivity contribution in [2.75, 3.05) is 6.61 Å². The minimum absolute atomic E-state index is 0.194. The molecule has 0 aliphatic carbocycles. The molecule has 3 nitrogen and oxygen atoms in total. The number of halogens is 1. The maximum absolute atomic E-state index is 10.7. The van der Waals surface area contributed by atoms with Crippen LogP contribution in [0.4, 0.5) is 0 Å². The van der Waals surface area contributed by atoms with Gasteiger partial charge in [0.15, 0.2) is 0 Å². The average Bonchev–Trinajstić information content (AvgIpc) is 1.86. The predicted octanol–water partition coefficient (Wildman–Crippen LogP) is 1.26. The van der Waals surface area contributed by atoms with Crippen LogP contribution in [0.15, 0.2) is 11.1 Å². The lowest BCUT2D eigenvalue weighted by Crippen LogP contribution is -2.14. The second kappa shape index (κ2) is 4.91. The van der Waals surface area contributed by atoms with Gasteiger partial charge in [0.05, 0.1) is 6.61 Å². The zero-order chi connectivity index (χ0) is 8.85. The molecule has 4 heteroatoms. The number of esters is 1. The van der Waals surface area contributed by atoms with Gasteiger partial charge in [0, 0.05) is 11.1 Å². The molecular weight excluding hydrogens is 168 g/mol. The van der Waals surface area contributed by atoms with E-state index in [0.717, 1.165) is 6.08 Å². The first kappa shape index (κ1) is 10.2. The molecule has 0 aromatic heterocycles. The van der Waals surface area contributed by atoms with Crippen molar-refractivity contribution in [1.29, 1.82) is 0 Å². The third-order valence-electron chi connectivity index (χ3n) is 0.807. The fourth-order valence-corrected chi connectivity index (χ4v) is 0.541. The van der Waals surface area contributed by atoms with Crippen molar-refractivity contribution >= 4 is 23.4 Å². The van der Waals surface area contributed by atoms with Gasteiger partial charge >= 0.3 is 5.97 Å². The molecule has 11 heavy (non-hydrogen) atoms. The van der Waals surface area contributed by atoms with Gasteiger partial charge in [-0.3, -0.25) is 4.79 Å². The average molecular weight is 177 g/mol. The number of ether oxygens (including phenoxy) is 1. The van der Waals surface area contributed by atoms with E-state index in [1.165, 1.54) is 6.92 Å². The number of rotatable bonds is 3. The molecule has 0 atom stereocenters. The SMILES string of the molecule is CCOC(=O)C(=O)/C=C(/C)Cl. The normalized spacial score (nSPS) is 11.0. The molecule has 0 rings (SSSR count). The highest BCUT2D eigenvalue weighted by molar-refractivity contribution is 6.41. The Kier molecular flexibility index (Phi) is 4.54. The molecule has 0 heterocycles. The van der Waals surface area contributed by atoms with Crippen LogP contribution in [0.2, 0.25) is 0 Å². The number of hydrogen-bond donors (Lipinski definition) is 0. The van der Waals surface area contributed by atoms with Gasteiger partial charge in [0.2, 0.25) is 0 Å². The third-order valence-corrected chi connectivity index (χ3v) is 0.916. The monoisotopic (exact) mass is 176 g/mol. The summed E-state index contributed by atoms with van der Waals surface area (Å²) < 4.78 is 4.41. The number of ketones is 1. The summed E-state index contributed by atoms with van der Waals surface area (Å²) >= 11 is 5.35. The van der Waals surface area contributed by atoms with Crippen molar-refractivity contribution in [3.05, 3.63) is 11.1 Å². The van der Waals surface area contributed by atoms with Gasteiger partial charge in [-0.15, -0.1) is 0 Å². The Bertz CT molecular complexity index is 192. The molecule has 0 N–H and O–H groups in total. The molecule has 0 bridgehead atoms. The first-order chi connectivity index (χ1) is 5.07. The van der Waals surface area contributed by atoms with Gasteiger partial charge in [-0.25, -0.2) is 4.79 Å². The molecule has 0 amide bonds. The molecule has 0 saturated carbocycles. The van der Waals surface area contributed by atoms with Crippen molar-refractivity contribution in [3.8, 4) is 0 Å². The summed E-state index contributed by atoms with van der Waals surface area (Å²) in [5.74, 6) is -1.59. The van der Waals surface area contributed by atoms with Gasteiger partial charge in [-0.2, -0.15) is 0 Å². The molecular formula is C7H9ClO3. The predicted molar refractivity (Wildman–Crippen MR) is 41.3 cm³/mol. The molecule has 0 radical (unpaired) electrons. The molecule has 0 unspecified atom stereocenters. The number of carbonyl (C=O) groups excluding carboxylic acids is 2. The van der Waals surface area contributed by atoms with Crippen molar-refractivity contribution < 1.29 is 14.3 Å². The van der Waals surface area contributed by atoms with Crippen LogP contribution in [-0.4, -0.2) is 18.4 Å². The highest BCUT2D eigenvalue weighted by Gasteiger charge is 2.10. The van der Waals surface area contributed by atoms with E-state index in [4.69, 9.17) is 11.6 Å². The Labute approximate surface area is 70.0 Å². The van der Waals surface area contributed by atoms with Crippen molar-refractivity contribution in [2.24, 2.45) is 0 Å². The number of allylic oxidation sites excluding steroid dienone is 1. The van der Waals surface area contributed by atoms with Crippen LogP contribution in [-0.2, 0) is 14.3 Å². The van der Waals surface area contributed by atoms with Gasteiger partial charge in [-0.1, -0.05) is 11.6 Å². The van der Waals surface area contributed by atoms with E-state index in [1.54, 1.807) is 6.92 Å². The zero-order valence-corrected chi connectivity index (χ0v) is 7.14. The summed E-state index contributed by atoms with van der Waals surface area (Å²) in [5.41, 5.74) is 0. The fraction of sp³-hybridized carbons (Fsp3) is 0.429. The molecule has 0 aliphatic heterocycles. The highest BCUT2D eigenvalue weighted by Crippen LogP contribution is 1.98. The number of carbonyl (C=O) groups is 2. The van der Waals surface area contributed by atoms with Crippen LogP contribution in [0.5, 0.6) is 0 Å². The fourth-order valence-electron chi connectivity index (χ4n) is 0.442. The summed E-state index contributed by atoms with van der Waals surface area (Å²) in [6, 6.07) is 0. The first-order valence-corrected chi connectivity index (χ1v) is 3.50. The molecule has 0 aliphatic rings. The minimum Gasteiger partial charge on any atom is -0.460 e. The van der Waals surface area contributed by atoms with E-state index < -0.39 is 11.8 Å². The van der Waals surface area contributed by atoms with E-state index in [2.05, 4.69) is 4.74 Å². The topological polar surface area (TPSA) is 43.4 Å². The van der Waals surface area contributed by atoms with E-state index >= 15 is 0 Å². The summed E-state index contributed by atoms with van der Waals surface area (Å²) in [6.07, 6.45) is 1.03. The lowest BCUT2D eigenvalue weighted by molar-refractivity contribution is -0.151. The molecule has 0 fully saturated rings. The Morgan fingerprint density at radius 1 is 1.55 bits per heavy atom. The van der Waals surface area contributed by atoms with E-state index in [9.17, 15) is 9.59 Å². The van der Waals surface area contributed by atoms with Crippen LogP contribution < -0.4 is 0 Å². The van der Waals surface area contributed by atoms with Gasteiger partial charge < -0.3 is 4.74 Å². The molecule has 0 saturated heterocycles. The van der Waals surface area contributed by atoms with E-state index in [1.807, 2.05) is 0 Å². The second-order valence-electron chi connectivity index (χ2n) is 1.82. The molecule has 0 aromatic rings. The maximum Gasteiger partial charge on any atom is 0.379 e. The molecule has 0 aromatic carbocycles. The summed E-state index contributed by atoms with van der Waals surface area (Å²) in [4.78, 5) is 21.3. The molecule has 62 valence electrons. The third kappa shape index (κ3) is 4.56. The summed E-state index contributed by atoms with van der Waals surface area (Å²) in [5, 5.41) is 0.267. The Morgan fingerprint density at radius 2 is 2.09 bits per heavy atom. The van der Waals surface area contributed by atoms with Crippen LogP contribution in [0, 0.1) is 0 Å². The van der Waals surface area contributed by atoms with E-state index in [-0.39, 0.29) is 11.6 Å².